The minimum Gasteiger partial charge on any atom is -0.339 e. The van der Waals surface area contributed by atoms with Crippen LogP contribution in [0.5, 0.6) is 0 Å². The molecule has 2 aliphatic rings. The maximum absolute atomic E-state index is 12.7. The number of anilines is 1. The van der Waals surface area contributed by atoms with Crippen molar-refractivity contribution in [2.24, 2.45) is 0 Å². The third-order valence-electron chi connectivity index (χ3n) is 5.25. The lowest BCUT2D eigenvalue weighted by molar-refractivity contribution is -0.125. The number of nitrogens with one attached hydrogen (secondary N) is 1. The van der Waals surface area contributed by atoms with Crippen LogP contribution in [0.1, 0.15) is 77.5 Å². The number of aryl methyl sites for hydroxylation is 1. The molecular weight excluding hydrogens is 458 g/mol. The molecule has 1 aromatic carbocycles. The Bertz CT molecular complexity index is 997. The zero-order valence-electron chi connectivity index (χ0n) is 22.0. The normalized spacial score (nSPS) is 14.4. The standard InChI is InChI=1S/C23H22ClN3O2.3C2H6/c24-20-7-4-18(5-8-20)17-2-1-12-27(13-11-17)22(29)10-3-16-14-19-6-9-21(28)26-23(19)25-15-16;3*1-2/h2-5,7-8,10,14-15H,1,6,9,11-13H2,(H,25,26,28);3*1-2H3/b10-3+;;;. The number of carbonyl (C=O) groups excluding carboxylic acids is 2. The van der Waals surface area contributed by atoms with Crippen LogP contribution in [0.2, 0.25) is 5.02 Å². The number of fused-ring (bicyclic) bond motifs is 1. The van der Waals surface area contributed by atoms with Gasteiger partial charge >= 0.3 is 0 Å². The Balaban J connectivity index is 0.000000949. The molecule has 0 saturated carbocycles. The van der Waals surface area contributed by atoms with E-state index in [2.05, 4.69) is 16.4 Å². The molecule has 0 aliphatic carbocycles. The second-order valence-corrected chi connectivity index (χ2v) is 7.69. The fourth-order valence-corrected chi connectivity index (χ4v) is 3.78. The molecule has 2 aliphatic heterocycles. The smallest absolute Gasteiger partial charge is 0.246 e. The molecule has 1 aromatic heterocycles. The monoisotopic (exact) mass is 497 g/mol. The number of amides is 2. The van der Waals surface area contributed by atoms with E-state index in [1.54, 1.807) is 18.3 Å². The van der Waals surface area contributed by atoms with E-state index in [4.69, 9.17) is 11.6 Å². The van der Waals surface area contributed by atoms with E-state index in [0.29, 0.717) is 31.7 Å². The summed E-state index contributed by atoms with van der Waals surface area (Å²) in [7, 11) is 0. The first-order valence-electron chi connectivity index (χ1n) is 12.8. The summed E-state index contributed by atoms with van der Waals surface area (Å²) < 4.78 is 0. The van der Waals surface area contributed by atoms with Gasteiger partial charge in [0, 0.05) is 36.8 Å². The Labute approximate surface area is 216 Å². The van der Waals surface area contributed by atoms with Crippen LogP contribution in [-0.4, -0.2) is 34.8 Å². The number of carbonyl (C=O) groups is 2. The maximum Gasteiger partial charge on any atom is 0.246 e. The predicted molar refractivity (Wildman–Crippen MR) is 150 cm³/mol. The predicted octanol–water partition coefficient (Wildman–Crippen LogP) is 7.42. The van der Waals surface area contributed by atoms with Crippen molar-refractivity contribution in [3.05, 3.63) is 70.4 Å². The number of pyridine rings is 1. The molecule has 0 unspecified atom stereocenters. The van der Waals surface area contributed by atoms with Crippen LogP contribution in [0.3, 0.4) is 0 Å². The Morgan fingerprint density at radius 3 is 2.37 bits per heavy atom. The first-order chi connectivity index (χ1) is 17.1. The first kappa shape index (κ1) is 30.1. The molecule has 2 amide bonds. The van der Waals surface area contributed by atoms with Gasteiger partial charge in [-0.25, -0.2) is 4.98 Å². The van der Waals surface area contributed by atoms with Crippen molar-refractivity contribution in [3.8, 4) is 0 Å². The fourth-order valence-electron chi connectivity index (χ4n) is 3.65. The molecule has 4 rings (SSSR count). The average Bonchev–Trinajstić information content (AvgIpc) is 3.18. The molecule has 0 spiro atoms. The number of nitrogens with zero attached hydrogens (tertiary/aromatic N) is 2. The molecule has 0 atom stereocenters. The number of rotatable bonds is 3. The summed E-state index contributed by atoms with van der Waals surface area (Å²) in [5.41, 5.74) is 4.28. The molecule has 6 heteroatoms. The van der Waals surface area contributed by atoms with Gasteiger partial charge in [-0.2, -0.15) is 0 Å². The average molecular weight is 498 g/mol. The highest BCUT2D eigenvalue weighted by molar-refractivity contribution is 6.30. The largest absolute Gasteiger partial charge is 0.339 e. The van der Waals surface area contributed by atoms with Gasteiger partial charge in [-0.3, -0.25) is 9.59 Å². The van der Waals surface area contributed by atoms with E-state index >= 15 is 0 Å². The van der Waals surface area contributed by atoms with E-state index < -0.39 is 0 Å². The number of hydrogen-bond acceptors (Lipinski definition) is 3. The third-order valence-corrected chi connectivity index (χ3v) is 5.50. The number of aromatic nitrogens is 1. The van der Waals surface area contributed by atoms with Crippen molar-refractivity contribution < 1.29 is 9.59 Å². The number of benzene rings is 1. The fraction of sp³-hybridized carbons (Fsp3) is 0.414. The summed E-state index contributed by atoms with van der Waals surface area (Å²) in [6.07, 6.45) is 10.1. The van der Waals surface area contributed by atoms with E-state index in [1.807, 2.05) is 76.8 Å². The molecule has 0 fully saturated rings. The van der Waals surface area contributed by atoms with Crippen LogP contribution in [-0.2, 0) is 16.0 Å². The highest BCUT2D eigenvalue weighted by Gasteiger charge is 2.17. The molecule has 1 N–H and O–H groups in total. The van der Waals surface area contributed by atoms with E-state index in [1.165, 1.54) is 5.57 Å². The maximum atomic E-state index is 12.7. The summed E-state index contributed by atoms with van der Waals surface area (Å²) in [4.78, 5) is 30.3. The van der Waals surface area contributed by atoms with E-state index in [-0.39, 0.29) is 11.8 Å². The topological polar surface area (TPSA) is 62.3 Å². The molecule has 2 aromatic rings. The first-order valence-corrected chi connectivity index (χ1v) is 13.2. The second kappa shape index (κ2) is 16.7. The van der Waals surface area contributed by atoms with E-state index in [9.17, 15) is 9.59 Å². The Hall–Kier alpha value is -2.92. The van der Waals surface area contributed by atoms with Crippen molar-refractivity contribution in [1.29, 1.82) is 0 Å². The van der Waals surface area contributed by atoms with Crippen molar-refractivity contribution in [2.45, 2.75) is 67.2 Å². The Morgan fingerprint density at radius 2 is 1.69 bits per heavy atom. The Morgan fingerprint density at radius 1 is 1.00 bits per heavy atom. The van der Waals surface area contributed by atoms with Gasteiger partial charge in [0.15, 0.2) is 0 Å². The van der Waals surface area contributed by atoms with Crippen LogP contribution in [0, 0.1) is 0 Å². The van der Waals surface area contributed by atoms with Gasteiger partial charge in [0.2, 0.25) is 11.8 Å². The summed E-state index contributed by atoms with van der Waals surface area (Å²) in [5, 5.41) is 3.49. The molecule has 35 heavy (non-hydrogen) atoms. The summed E-state index contributed by atoms with van der Waals surface area (Å²) in [6, 6.07) is 9.82. The van der Waals surface area contributed by atoms with Crippen LogP contribution in [0.4, 0.5) is 5.82 Å². The molecular formula is C29H40ClN3O2. The molecule has 5 nitrogen and oxygen atoms in total. The highest BCUT2D eigenvalue weighted by Crippen LogP contribution is 2.24. The van der Waals surface area contributed by atoms with Gasteiger partial charge in [0.25, 0.3) is 0 Å². The zero-order valence-corrected chi connectivity index (χ0v) is 22.8. The van der Waals surface area contributed by atoms with Crippen molar-refractivity contribution in [1.82, 2.24) is 9.88 Å². The quantitative estimate of drug-likeness (QED) is 0.449. The van der Waals surface area contributed by atoms with E-state index in [0.717, 1.165) is 34.6 Å². The van der Waals surface area contributed by atoms with Crippen LogP contribution < -0.4 is 5.32 Å². The third kappa shape index (κ3) is 9.33. The molecule has 3 heterocycles. The number of halogens is 1. The lowest BCUT2D eigenvalue weighted by Gasteiger charge is -2.19. The van der Waals surface area contributed by atoms with Crippen molar-refractivity contribution >= 4 is 40.9 Å². The minimum atomic E-state index is -0.00351. The Kier molecular flexibility index (Phi) is 14.3. The van der Waals surface area contributed by atoms with Gasteiger partial charge in [0.1, 0.15) is 5.82 Å². The van der Waals surface area contributed by atoms with Gasteiger partial charge in [-0.15, -0.1) is 0 Å². The van der Waals surface area contributed by atoms with Gasteiger partial charge < -0.3 is 10.2 Å². The lowest BCUT2D eigenvalue weighted by atomic mass is 10.0. The molecule has 0 radical (unpaired) electrons. The number of hydrogen-bond donors (Lipinski definition) is 1. The molecule has 190 valence electrons. The molecule has 0 saturated heterocycles. The lowest BCUT2D eigenvalue weighted by Crippen LogP contribution is -2.30. The summed E-state index contributed by atoms with van der Waals surface area (Å²) in [5.74, 6) is 0.621. The minimum absolute atomic E-state index is 0.00165. The second-order valence-electron chi connectivity index (χ2n) is 7.26. The van der Waals surface area contributed by atoms with Crippen molar-refractivity contribution in [2.75, 3.05) is 18.4 Å². The van der Waals surface area contributed by atoms with Gasteiger partial charge in [-0.1, -0.05) is 71.4 Å². The zero-order chi connectivity index (χ0) is 26.2. The van der Waals surface area contributed by atoms with Crippen LogP contribution in [0.15, 0.2) is 48.7 Å². The summed E-state index contributed by atoms with van der Waals surface area (Å²) in [6.45, 7) is 13.4. The summed E-state index contributed by atoms with van der Waals surface area (Å²) >= 11 is 5.98. The highest BCUT2D eigenvalue weighted by atomic mass is 35.5. The van der Waals surface area contributed by atoms with Crippen molar-refractivity contribution in [3.63, 3.8) is 0 Å². The van der Waals surface area contributed by atoms with Crippen LogP contribution in [0.25, 0.3) is 11.6 Å². The molecule has 0 bridgehead atoms. The van der Waals surface area contributed by atoms with Gasteiger partial charge in [0.05, 0.1) is 0 Å². The van der Waals surface area contributed by atoms with Gasteiger partial charge in [-0.05, 0) is 65.8 Å². The van der Waals surface area contributed by atoms with Crippen LogP contribution >= 0.6 is 11.6 Å². The SMILES string of the molecule is CC.CC.CC.O=C1CCc2cc(/C=C/C(=O)N3CCC=C(c4ccc(Cl)cc4)CC3)cnc2N1.